The van der Waals surface area contributed by atoms with Gasteiger partial charge in [-0.25, -0.2) is 4.79 Å². The predicted octanol–water partition coefficient (Wildman–Crippen LogP) is 3.53. The Hall–Kier alpha value is -3.44. The van der Waals surface area contributed by atoms with E-state index in [-0.39, 0.29) is 5.56 Å². The molecule has 152 valence electrons. The molecule has 0 spiro atoms. The third-order valence-corrected chi connectivity index (χ3v) is 6.30. The molecule has 4 rings (SSSR count). The van der Waals surface area contributed by atoms with E-state index in [4.69, 9.17) is 4.74 Å². The molecule has 2 N–H and O–H groups in total. The van der Waals surface area contributed by atoms with E-state index in [2.05, 4.69) is 16.4 Å². The first-order valence-electron chi connectivity index (χ1n) is 9.70. The van der Waals surface area contributed by atoms with Crippen molar-refractivity contribution >= 4 is 39.1 Å². The zero-order chi connectivity index (χ0) is 21.1. The van der Waals surface area contributed by atoms with Crippen LogP contribution in [0.5, 0.6) is 0 Å². The zero-order valence-electron chi connectivity index (χ0n) is 16.1. The number of para-hydroxylation sites is 1. The van der Waals surface area contributed by atoms with Crippen LogP contribution >= 0.6 is 11.3 Å². The second-order valence-electron chi connectivity index (χ2n) is 7.10. The minimum atomic E-state index is -0.755. The molecule has 0 bridgehead atoms. The molecule has 7 nitrogen and oxygen atoms in total. The number of ether oxygens (including phenoxy) is 1. The molecular formula is C22H19N3O4S. The Balaban J connectivity index is 1.47. The number of aromatic nitrogens is 1. The van der Waals surface area contributed by atoms with Crippen LogP contribution in [0.2, 0.25) is 0 Å². The summed E-state index contributed by atoms with van der Waals surface area (Å²) in [6.45, 7) is -0.507. The van der Waals surface area contributed by atoms with Gasteiger partial charge in [-0.1, -0.05) is 24.6 Å². The van der Waals surface area contributed by atoms with E-state index in [1.54, 1.807) is 24.3 Å². The summed E-state index contributed by atoms with van der Waals surface area (Å²) in [6.07, 6.45) is 5.01. The van der Waals surface area contributed by atoms with E-state index in [9.17, 15) is 19.6 Å². The Kier molecular flexibility index (Phi) is 5.63. The molecule has 2 aromatic heterocycles. The van der Waals surface area contributed by atoms with E-state index in [0.717, 1.165) is 48.6 Å². The number of H-pyrrole nitrogens is 1. The molecule has 2 heterocycles. The summed E-state index contributed by atoms with van der Waals surface area (Å²) in [5.41, 5.74) is 1.73. The molecule has 0 saturated heterocycles. The van der Waals surface area contributed by atoms with Crippen LogP contribution in [-0.4, -0.2) is 23.5 Å². The molecule has 1 aliphatic rings. The maximum Gasteiger partial charge on any atom is 0.339 e. The number of nitriles is 1. The standard InChI is InChI=1S/C22H19N3O4S/c23-11-16-14-7-2-1-3-9-18(14)30-21(16)25-20(27)12-29-22(28)15-10-19(26)24-17-8-5-4-6-13(15)17/h4-6,8,10H,1-3,7,9,12H2,(H,24,26)(H,25,27). The molecule has 0 atom stereocenters. The number of aryl methyl sites for hydroxylation is 1. The Morgan fingerprint density at radius 2 is 2.00 bits per heavy atom. The van der Waals surface area contributed by atoms with Gasteiger partial charge in [0.25, 0.3) is 5.91 Å². The van der Waals surface area contributed by atoms with Crippen molar-refractivity contribution in [2.45, 2.75) is 32.1 Å². The van der Waals surface area contributed by atoms with Gasteiger partial charge in [0, 0.05) is 21.8 Å². The summed E-state index contributed by atoms with van der Waals surface area (Å²) in [7, 11) is 0. The number of carbonyl (C=O) groups is 2. The van der Waals surface area contributed by atoms with Crippen molar-refractivity contribution in [3.8, 4) is 6.07 Å². The molecule has 3 aromatic rings. The highest BCUT2D eigenvalue weighted by molar-refractivity contribution is 7.16. The number of thiophene rings is 1. The van der Waals surface area contributed by atoms with Gasteiger partial charge in [0.05, 0.1) is 11.1 Å². The van der Waals surface area contributed by atoms with Gasteiger partial charge < -0.3 is 15.0 Å². The number of fused-ring (bicyclic) bond motifs is 2. The van der Waals surface area contributed by atoms with E-state index < -0.39 is 24.0 Å². The lowest BCUT2D eigenvalue weighted by atomic mass is 10.1. The van der Waals surface area contributed by atoms with Crippen molar-refractivity contribution in [2.24, 2.45) is 0 Å². The number of esters is 1. The van der Waals surface area contributed by atoms with Gasteiger partial charge in [0.15, 0.2) is 6.61 Å². The summed E-state index contributed by atoms with van der Waals surface area (Å²) in [6, 6.07) is 10.2. The van der Waals surface area contributed by atoms with Gasteiger partial charge in [0.2, 0.25) is 5.56 Å². The average Bonchev–Trinajstić information content (AvgIpc) is 2.90. The quantitative estimate of drug-likeness (QED) is 0.494. The van der Waals surface area contributed by atoms with Crippen molar-refractivity contribution in [3.63, 3.8) is 0 Å². The number of hydrogen-bond acceptors (Lipinski definition) is 6. The van der Waals surface area contributed by atoms with Crippen LogP contribution in [0.15, 0.2) is 35.1 Å². The van der Waals surface area contributed by atoms with Gasteiger partial charge >= 0.3 is 5.97 Å². The summed E-state index contributed by atoms with van der Waals surface area (Å²) < 4.78 is 5.14. The number of nitrogens with zero attached hydrogens (tertiary/aromatic N) is 1. The Morgan fingerprint density at radius 1 is 1.20 bits per heavy atom. The van der Waals surface area contributed by atoms with Gasteiger partial charge in [-0.15, -0.1) is 11.3 Å². The van der Waals surface area contributed by atoms with Gasteiger partial charge in [-0.2, -0.15) is 5.26 Å². The van der Waals surface area contributed by atoms with E-state index >= 15 is 0 Å². The molecule has 0 saturated carbocycles. The average molecular weight is 421 g/mol. The lowest BCUT2D eigenvalue weighted by Gasteiger charge is -2.08. The molecule has 30 heavy (non-hydrogen) atoms. The molecule has 0 unspecified atom stereocenters. The van der Waals surface area contributed by atoms with Crippen LogP contribution < -0.4 is 10.9 Å². The second kappa shape index (κ2) is 8.51. The smallest absolute Gasteiger partial charge is 0.339 e. The lowest BCUT2D eigenvalue weighted by molar-refractivity contribution is -0.119. The SMILES string of the molecule is N#Cc1c(NC(=O)COC(=O)c2cc(=O)[nH]c3ccccc23)sc2c1CCCCC2. The van der Waals surface area contributed by atoms with Crippen molar-refractivity contribution in [2.75, 3.05) is 11.9 Å². The number of nitrogens with one attached hydrogen (secondary N) is 2. The Bertz CT molecular complexity index is 1240. The number of pyridine rings is 1. The number of benzene rings is 1. The van der Waals surface area contributed by atoms with Crippen LogP contribution in [-0.2, 0) is 22.4 Å². The van der Waals surface area contributed by atoms with Crippen molar-refractivity contribution < 1.29 is 14.3 Å². The number of rotatable bonds is 4. The summed E-state index contributed by atoms with van der Waals surface area (Å²) in [5.74, 6) is -1.28. The summed E-state index contributed by atoms with van der Waals surface area (Å²) in [5, 5.41) is 13.3. The van der Waals surface area contributed by atoms with Crippen LogP contribution in [0, 0.1) is 11.3 Å². The van der Waals surface area contributed by atoms with Crippen molar-refractivity contribution in [3.05, 3.63) is 62.3 Å². The Labute approximate surface area is 176 Å². The summed E-state index contributed by atoms with van der Waals surface area (Å²) >= 11 is 1.42. The molecule has 0 fully saturated rings. The predicted molar refractivity (Wildman–Crippen MR) is 114 cm³/mol. The van der Waals surface area contributed by atoms with Gasteiger partial charge in [-0.3, -0.25) is 9.59 Å². The van der Waals surface area contributed by atoms with Gasteiger partial charge in [0.1, 0.15) is 11.1 Å². The number of hydrogen-bond donors (Lipinski definition) is 2. The Morgan fingerprint density at radius 3 is 2.83 bits per heavy atom. The molecule has 1 amide bonds. The number of amides is 1. The van der Waals surface area contributed by atoms with E-state index in [1.165, 1.54) is 11.3 Å². The van der Waals surface area contributed by atoms with Crippen LogP contribution in [0.4, 0.5) is 5.00 Å². The number of aromatic amines is 1. The highest BCUT2D eigenvalue weighted by Crippen LogP contribution is 2.36. The summed E-state index contributed by atoms with van der Waals surface area (Å²) in [4.78, 5) is 40.5. The molecular weight excluding hydrogens is 402 g/mol. The maximum atomic E-state index is 12.5. The molecule has 8 heteroatoms. The fraction of sp³-hybridized carbons (Fsp3) is 0.273. The lowest BCUT2D eigenvalue weighted by Crippen LogP contribution is -2.22. The van der Waals surface area contributed by atoms with E-state index in [1.807, 2.05) is 0 Å². The van der Waals surface area contributed by atoms with Crippen molar-refractivity contribution in [1.82, 2.24) is 4.98 Å². The molecule has 0 aliphatic heterocycles. The third kappa shape index (κ3) is 3.98. The number of anilines is 1. The maximum absolute atomic E-state index is 12.5. The first kappa shape index (κ1) is 19.9. The van der Waals surface area contributed by atoms with Crippen molar-refractivity contribution in [1.29, 1.82) is 5.26 Å². The normalized spacial score (nSPS) is 13.2. The number of carbonyl (C=O) groups excluding carboxylic acids is 2. The first-order valence-corrected chi connectivity index (χ1v) is 10.5. The fourth-order valence-corrected chi connectivity index (χ4v) is 4.95. The fourth-order valence-electron chi connectivity index (χ4n) is 3.69. The zero-order valence-corrected chi connectivity index (χ0v) is 16.9. The van der Waals surface area contributed by atoms with Crippen LogP contribution in [0.25, 0.3) is 10.9 Å². The minimum absolute atomic E-state index is 0.0997. The van der Waals surface area contributed by atoms with Crippen LogP contribution in [0.3, 0.4) is 0 Å². The van der Waals surface area contributed by atoms with E-state index in [0.29, 0.717) is 21.5 Å². The van der Waals surface area contributed by atoms with Crippen LogP contribution in [0.1, 0.15) is 45.6 Å². The highest BCUT2D eigenvalue weighted by Gasteiger charge is 2.22. The third-order valence-electron chi connectivity index (χ3n) is 5.09. The largest absolute Gasteiger partial charge is 0.452 e. The molecule has 1 aliphatic carbocycles. The first-order chi connectivity index (χ1) is 14.6. The molecule has 0 radical (unpaired) electrons. The van der Waals surface area contributed by atoms with Gasteiger partial charge in [-0.05, 0) is 37.3 Å². The molecule has 1 aromatic carbocycles. The monoisotopic (exact) mass is 421 g/mol. The minimum Gasteiger partial charge on any atom is -0.452 e. The second-order valence-corrected chi connectivity index (χ2v) is 8.20. The highest BCUT2D eigenvalue weighted by atomic mass is 32.1. The topological polar surface area (TPSA) is 112 Å².